The standard InChI is InChI=1S/C31H24BrClN2O3/c1-21-5-4-6-22(15-21)19-38-30-14-9-26(32)17-24(30)16-25(18-34)31(36)35-27-10-12-28(13-11-27)37-20-23-7-2-3-8-29(23)33/h2-17H,19-20H2,1H3,(H,35,36)/b25-16+. The topological polar surface area (TPSA) is 71.3 Å². The van der Waals surface area contributed by atoms with Crippen LogP contribution in [-0.4, -0.2) is 5.91 Å². The van der Waals surface area contributed by atoms with Crippen LogP contribution in [0.2, 0.25) is 5.02 Å². The van der Waals surface area contributed by atoms with E-state index in [2.05, 4.69) is 27.3 Å². The molecule has 0 bridgehead atoms. The monoisotopic (exact) mass is 586 g/mol. The molecule has 0 heterocycles. The lowest BCUT2D eigenvalue weighted by Crippen LogP contribution is -2.13. The predicted molar refractivity (Wildman–Crippen MR) is 154 cm³/mol. The Morgan fingerprint density at radius 2 is 1.76 bits per heavy atom. The summed E-state index contributed by atoms with van der Waals surface area (Å²) in [5.74, 6) is 0.667. The third kappa shape index (κ3) is 7.48. The summed E-state index contributed by atoms with van der Waals surface area (Å²) in [6.45, 7) is 2.72. The van der Waals surface area contributed by atoms with Crippen molar-refractivity contribution in [3.05, 3.63) is 128 Å². The highest BCUT2D eigenvalue weighted by molar-refractivity contribution is 9.10. The largest absolute Gasteiger partial charge is 0.489 e. The number of nitriles is 1. The van der Waals surface area contributed by atoms with Crippen LogP contribution in [0.1, 0.15) is 22.3 Å². The molecule has 0 aliphatic heterocycles. The van der Waals surface area contributed by atoms with Gasteiger partial charge in [0.05, 0.1) is 0 Å². The lowest BCUT2D eigenvalue weighted by molar-refractivity contribution is -0.112. The summed E-state index contributed by atoms with van der Waals surface area (Å²) in [5.41, 5.74) is 4.15. The minimum atomic E-state index is -0.526. The van der Waals surface area contributed by atoms with Crippen LogP contribution in [0.3, 0.4) is 0 Å². The molecule has 0 aliphatic rings. The van der Waals surface area contributed by atoms with E-state index in [1.807, 2.05) is 61.5 Å². The van der Waals surface area contributed by atoms with Crippen molar-refractivity contribution in [2.75, 3.05) is 5.32 Å². The Morgan fingerprint density at radius 1 is 0.974 bits per heavy atom. The first-order chi connectivity index (χ1) is 18.4. The summed E-state index contributed by atoms with van der Waals surface area (Å²) in [6, 6.07) is 29.9. The quantitative estimate of drug-likeness (QED) is 0.159. The highest BCUT2D eigenvalue weighted by Gasteiger charge is 2.13. The molecule has 0 spiro atoms. The molecule has 4 aromatic rings. The van der Waals surface area contributed by atoms with Crippen LogP contribution < -0.4 is 14.8 Å². The second-order valence-electron chi connectivity index (χ2n) is 8.49. The fourth-order valence-corrected chi connectivity index (χ4v) is 4.21. The molecule has 4 aromatic carbocycles. The van der Waals surface area contributed by atoms with E-state index >= 15 is 0 Å². The number of anilines is 1. The number of hydrogen-bond donors (Lipinski definition) is 1. The lowest BCUT2D eigenvalue weighted by Gasteiger charge is -2.11. The van der Waals surface area contributed by atoms with E-state index in [0.29, 0.717) is 41.0 Å². The third-order valence-corrected chi connectivity index (χ3v) is 6.44. The zero-order valence-electron chi connectivity index (χ0n) is 20.6. The van der Waals surface area contributed by atoms with Crippen LogP contribution in [0, 0.1) is 18.3 Å². The summed E-state index contributed by atoms with van der Waals surface area (Å²) in [6.07, 6.45) is 1.52. The molecule has 0 saturated heterocycles. The third-order valence-electron chi connectivity index (χ3n) is 5.58. The van der Waals surface area contributed by atoms with Crippen molar-refractivity contribution in [3.8, 4) is 17.6 Å². The summed E-state index contributed by atoms with van der Waals surface area (Å²) >= 11 is 9.63. The second-order valence-corrected chi connectivity index (χ2v) is 9.81. The maximum absolute atomic E-state index is 12.9. The van der Waals surface area contributed by atoms with Crippen LogP contribution >= 0.6 is 27.5 Å². The van der Waals surface area contributed by atoms with E-state index in [4.69, 9.17) is 21.1 Å². The number of benzene rings is 4. The number of ether oxygens (including phenoxy) is 2. The molecule has 0 aromatic heterocycles. The van der Waals surface area contributed by atoms with Crippen molar-refractivity contribution in [3.63, 3.8) is 0 Å². The SMILES string of the molecule is Cc1cccc(COc2ccc(Br)cc2/C=C(\C#N)C(=O)Nc2ccc(OCc3ccccc3Cl)cc2)c1. The lowest BCUT2D eigenvalue weighted by atomic mass is 10.1. The molecule has 0 unspecified atom stereocenters. The van der Waals surface area contributed by atoms with Crippen molar-refractivity contribution in [2.24, 2.45) is 0 Å². The number of rotatable bonds is 9. The summed E-state index contributed by atoms with van der Waals surface area (Å²) < 4.78 is 12.6. The molecule has 1 N–H and O–H groups in total. The van der Waals surface area contributed by atoms with E-state index < -0.39 is 5.91 Å². The van der Waals surface area contributed by atoms with Gasteiger partial charge in [-0.25, -0.2) is 0 Å². The molecule has 0 radical (unpaired) electrons. The van der Waals surface area contributed by atoms with Crippen molar-refractivity contribution < 1.29 is 14.3 Å². The molecular weight excluding hydrogens is 564 g/mol. The van der Waals surface area contributed by atoms with Gasteiger partial charge in [0.15, 0.2) is 0 Å². The first kappa shape index (κ1) is 27.0. The Balaban J connectivity index is 1.43. The van der Waals surface area contributed by atoms with E-state index in [-0.39, 0.29) is 5.57 Å². The van der Waals surface area contributed by atoms with Crippen LogP contribution in [0.25, 0.3) is 6.08 Å². The van der Waals surface area contributed by atoms with Crippen LogP contribution in [0.15, 0.2) is 101 Å². The van der Waals surface area contributed by atoms with Gasteiger partial charge in [-0.2, -0.15) is 5.26 Å². The number of halogens is 2. The summed E-state index contributed by atoms with van der Waals surface area (Å²) in [7, 11) is 0. The molecule has 7 heteroatoms. The van der Waals surface area contributed by atoms with Gasteiger partial charge in [0.2, 0.25) is 0 Å². The number of carbonyl (C=O) groups excluding carboxylic acids is 1. The fourth-order valence-electron chi connectivity index (χ4n) is 3.64. The highest BCUT2D eigenvalue weighted by atomic mass is 79.9. The highest BCUT2D eigenvalue weighted by Crippen LogP contribution is 2.27. The van der Waals surface area contributed by atoms with Crippen molar-refractivity contribution in [1.82, 2.24) is 0 Å². The minimum absolute atomic E-state index is 0.0532. The molecule has 0 atom stereocenters. The maximum Gasteiger partial charge on any atom is 0.266 e. The number of nitrogens with one attached hydrogen (secondary N) is 1. The normalized spacial score (nSPS) is 10.9. The Labute approximate surface area is 235 Å². The van der Waals surface area contributed by atoms with E-state index in [1.165, 1.54) is 6.08 Å². The van der Waals surface area contributed by atoms with Crippen molar-refractivity contribution in [1.29, 1.82) is 5.26 Å². The zero-order valence-corrected chi connectivity index (χ0v) is 22.9. The smallest absolute Gasteiger partial charge is 0.266 e. The summed E-state index contributed by atoms with van der Waals surface area (Å²) in [4.78, 5) is 12.9. The Bertz CT molecular complexity index is 1510. The fraction of sp³-hybridized carbons (Fsp3) is 0.0968. The number of carbonyl (C=O) groups is 1. The molecule has 0 aliphatic carbocycles. The van der Waals surface area contributed by atoms with Gasteiger partial charge in [0.25, 0.3) is 5.91 Å². The van der Waals surface area contributed by atoms with E-state index in [9.17, 15) is 10.1 Å². The van der Waals surface area contributed by atoms with Gasteiger partial charge in [-0.15, -0.1) is 0 Å². The Kier molecular flexibility index (Phi) is 9.21. The Morgan fingerprint density at radius 3 is 2.50 bits per heavy atom. The van der Waals surface area contributed by atoms with Gasteiger partial charge in [-0.1, -0.05) is 75.6 Å². The second kappa shape index (κ2) is 13.0. The number of nitrogens with zero attached hydrogens (tertiary/aromatic N) is 1. The molecule has 4 rings (SSSR count). The van der Waals surface area contributed by atoms with E-state index in [0.717, 1.165) is 21.2 Å². The van der Waals surface area contributed by atoms with Crippen molar-refractivity contribution >= 4 is 45.2 Å². The van der Waals surface area contributed by atoms with Gasteiger partial charge < -0.3 is 14.8 Å². The zero-order chi connectivity index (χ0) is 26.9. The van der Waals surface area contributed by atoms with Gasteiger partial charge in [-0.3, -0.25) is 4.79 Å². The molecular formula is C31H24BrClN2O3. The van der Waals surface area contributed by atoms with Crippen LogP contribution in [-0.2, 0) is 18.0 Å². The van der Waals surface area contributed by atoms with Crippen molar-refractivity contribution in [2.45, 2.75) is 20.1 Å². The Hall–Kier alpha value is -4.05. The molecule has 0 fully saturated rings. The number of hydrogen-bond acceptors (Lipinski definition) is 4. The molecule has 38 heavy (non-hydrogen) atoms. The van der Waals surface area contributed by atoms with Gasteiger partial charge in [0, 0.05) is 26.3 Å². The molecule has 0 saturated carbocycles. The van der Waals surface area contributed by atoms with Crippen LogP contribution in [0.5, 0.6) is 11.5 Å². The number of amides is 1. The van der Waals surface area contributed by atoms with Gasteiger partial charge in [0.1, 0.15) is 36.4 Å². The van der Waals surface area contributed by atoms with E-state index in [1.54, 1.807) is 36.4 Å². The predicted octanol–water partition coefficient (Wildman–Crippen LogP) is 8.11. The average molecular weight is 588 g/mol. The van der Waals surface area contributed by atoms with Crippen LogP contribution in [0.4, 0.5) is 5.69 Å². The molecule has 190 valence electrons. The molecule has 1 amide bonds. The first-order valence-electron chi connectivity index (χ1n) is 11.8. The van der Waals surface area contributed by atoms with Gasteiger partial charge in [-0.05, 0) is 67.1 Å². The first-order valence-corrected chi connectivity index (χ1v) is 13.0. The number of aryl methyl sites for hydroxylation is 1. The summed E-state index contributed by atoms with van der Waals surface area (Å²) in [5, 5.41) is 13.1. The maximum atomic E-state index is 12.9. The minimum Gasteiger partial charge on any atom is -0.489 e. The molecule has 5 nitrogen and oxygen atoms in total. The van der Waals surface area contributed by atoms with Gasteiger partial charge >= 0.3 is 0 Å². The average Bonchev–Trinajstić information content (AvgIpc) is 2.91.